The van der Waals surface area contributed by atoms with Crippen molar-refractivity contribution in [2.45, 2.75) is 31.7 Å². The number of anilines is 2. The topological polar surface area (TPSA) is 73.8 Å². The maximum Gasteiger partial charge on any atom is 0.258 e. The summed E-state index contributed by atoms with van der Waals surface area (Å²) in [5.74, 6) is 0.591. The van der Waals surface area contributed by atoms with Crippen molar-refractivity contribution in [1.82, 2.24) is 4.90 Å². The van der Waals surface area contributed by atoms with Crippen LogP contribution in [0.5, 0.6) is 0 Å². The Hall–Kier alpha value is -3.84. The van der Waals surface area contributed by atoms with Crippen molar-refractivity contribution in [2.75, 3.05) is 17.2 Å². The molecule has 35 heavy (non-hydrogen) atoms. The van der Waals surface area contributed by atoms with Crippen molar-refractivity contribution < 1.29 is 9.59 Å². The highest BCUT2D eigenvalue weighted by Crippen LogP contribution is 2.44. The molecule has 0 bridgehead atoms. The minimum absolute atomic E-state index is 0.0229. The van der Waals surface area contributed by atoms with Crippen molar-refractivity contribution in [3.8, 4) is 0 Å². The quantitative estimate of drug-likeness (QED) is 0.323. The third kappa shape index (κ3) is 4.72. The zero-order valence-corrected chi connectivity index (χ0v) is 20.5. The lowest BCUT2D eigenvalue weighted by molar-refractivity contribution is -0.122. The van der Waals surface area contributed by atoms with Gasteiger partial charge in [-0.25, -0.2) is 4.99 Å². The summed E-state index contributed by atoms with van der Waals surface area (Å²) < 4.78 is 0. The van der Waals surface area contributed by atoms with Gasteiger partial charge in [0.1, 0.15) is 5.84 Å². The van der Waals surface area contributed by atoms with E-state index in [0.717, 1.165) is 33.4 Å². The number of amidine groups is 1. The fourth-order valence-electron chi connectivity index (χ4n) is 4.19. The number of aliphatic imine (C=N–C) groups is 1. The van der Waals surface area contributed by atoms with Gasteiger partial charge in [-0.2, -0.15) is 0 Å². The third-order valence-corrected chi connectivity index (χ3v) is 7.10. The molecule has 5 rings (SSSR count). The van der Waals surface area contributed by atoms with Gasteiger partial charge in [0.15, 0.2) is 5.78 Å². The molecule has 2 aliphatic rings. The zero-order valence-electron chi connectivity index (χ0n) is 19.7. The first-order chi connectivity index (χ1) is 17.0. The summed E-state index contributed by atoms with van der Waals surface area (Å²) in [5.41, 5.74) is 4.82. The molecule has 2 N–H and O–H groups in total. The number of benzene rings is 3. The molecule has 0 atom stereocenters. The highest BCUT2D eigenvalue weighted by molar-refractivity contribution is 8.03. The maximum atomic E-state index is 13.7. The van der Waals surface area contributed by atoms with E-state index in [1.807, 2.05) is 67.6 Å². The van der Waals surface area contributed by atoms with Gasteiger partial charge in [-0.1, -0.05) is 54.2 Å². The number of para-hydroxylation sites is 1. The number of hydrogen-bond acceptors (Lipinski definition) is 6. The van der Waals surface area contributed by atoms with Gasteiger partial charge in [0.2, 0.25) is 0 Å². The Kier molecular flexibility index (Phi) is 6.42. The van der Waals surface area contributed by atoms with Crippen LogP contribution in [0, 0.1) is 0 Å². The first-order valence-corrected chi connectivity index (χ1v) is 12.4. The van der Waals surface area contributed by atoms with E-state index in [4.69, 9.17) is 4.99 Å². The molecule has 3 aromatic carbocycles. The van der Waals surface area contributed by atoms with Crippen LogP contribution in [0.4, 0.5) is 17.1 Å². The van der Waals surface area contributed by atoms with Crippen molar-refractivity contribution in [2.24, 2.45) is 4.99 Å². The lowest BCUT2D eigenvalue weighted by Gasteiger charge is -2.18. The van der Waals surface area contributed by atoms with Gasteiger partial charge in [-0.05, 0) is 49.7 Å². The molecule has 0 saturated carbocycles. The second kappa shape index (κ2) is 9.80. The van der Waals surface area contributed by atoms with E-state index in [9.17, 15) is 9.59 Å². The van der Waals surface area contributed by atoms with Crippen LogP contribution < -0.4 is 10.6 Å². The predicted octanol–water partition coefficient (Wildman–Crippen LogP) is 6.21. The molecule has 1 saturated heterocycles. The number of nitrogens with one attached hydrogen (secondary N) is 2. The summed E-state index contributed by atoms with van der Waals surface area (Å²) in [6.07, 6.45) is 0.408. The lowest BCUT2D eigenvalue weighted by atomic mass is 10.1. The fourth-order valence-corrected chi connectivity index (χ4v) is 5.23. The first-order valence-electron chi connectivity index (χ1n) is 11.6. The van der Waals surface area contributed by atoms with E-state index in [0.29, 0.717) is 35.6 Å². The Morgan fingerprint density at radius 2 is 1.86 bits per heavy atom. The monoisotopic (exact) mass is 482 g/mol. The average Bonchev–Trinajstić information content (AvgIpc) is 3.42. The number of carbonyl (C=O) groups excluding carboxylic acids is 2. The standard InChI is InChI=1S/C28H26N4O2S/c1-3-29-22-14-13-20(18(2)33)15-24(22)30-26-16-21(27-31-23-11-7-8-12-25(23)35-27)28(34)32(26)17-19-9-5-4-6-10-19/h4-15,29,31H,3,16-17H2,1-2H3. The minimum Gasteiger partial charge on any atom is -0.384 e. The summed E-state index contributed by atoms with van der Waals surface area (Å²) in [7, 11) is 0. The van der Waals surface area contributed by atoms with Crippen LogP contribution in [0.2, 0.25) is 0 Å². The number of fused-ring (bicyclic) bond motifs is 1. The summed E-state index contributed by atoms with van der Waals surface area (Å²) in [6.45, 7) is 4.71. The van der Waals surface area contributed by atoms with E-state index in [1.54, 1.807) is 35.7 Å². The van der Waals surface area contributed by atoms with Crippen LogP contribution in [0.1, 0.15) is 36.2 Å². The van der Waals surface area contributed by atoms with E-state index >= 15 is 0 Å². The Morgan fingerprint density at radius 3 is 2.60 bits per heavy atom. The van der Waals surface area contributed by atoms with Crippen LogP contribution in [0.15, 0.2) is 93.3 Å². The van der Waals surface area contributed by atoms with Crippen LogP contribution in [0.25, 0.3) is 0 Å². The molecule has 2 aliphatic heterocycles. The van der Waals surface area contributed by atoms with Crippen LogP contribution in [-0.2, 0) is 11.3 Å². The Balaban J connectivity index is 1.57. The second-order valence-electron chi connectivity index (χ2n) is 8.43. The molecule has 1 fully saturated rings. The number of nitrogens with zero attached hydrogens (tertiary/aromatic N) is 2. The SMILES string of the molecule is CCNc1ccc(C(C)=O)cc1N=C1CC(=C2Nc3ccccc3S2)C(=O)N1Cc1ccccc1. The van der Waals surface area contributed by atoms with Crippen molar-refractivity contribution in [3.63, 3.8) is 0 Å². The number of rotatable bonds is 6. The van der Waals surface area contributed by atoms with Crippen molar-refractivity contribution in [1.29, 1.82) is 0 Å². The van der Waals surface area contributed by atoms with Crippen LogP contribution >= 0.6 is 11.8 Å². The van der Waals surface area contributed by atoms with Gasteiger partial charge in [0.05, 0.1) is 34.2 Å². The van der Waals surface area contributed by atoms with Gasteiger partial charge in [-0.3, -0.25) is 14.5 Å². The molecule has 0 aromatic heterocycles. The molecular weight excluding hydrogens is 456 g/mol. The Labute approximate surface area is 209 Å². The molecule has 0 aliphatic carbocycles. The summed E-state index contributed by atoms with van der Waals surface area (Å²) >= 11 is 1.58. The summed E-state index contributed by atoms with van der Waals surface area (Å²) in [6, 6.07) is 23.4. The molecule has 7 heteroatoms. The molecule has 0 radical (unpaired) electrons. The number of likely N-dealkylation sites (tertiary alicyclic amines) is 1. The smallest absolute Gasteiger partial charge is 0.258 e. The third-order valence-electron chi connectivity index (χ3n) is 5.98. The molecule has 176 valence electrons. The summed E-state index contributed by atoms with van der Waals surface area (Å²) in [5, 5.41) is 7.59. The molecule has 3 aromatic rings. The number of hydrogen-bond donors (Lipinski definition) is 2. The molecule has 2 heterocycles. The van der Waals surface area contributed by atoms with E-state index in [-0.39, 0.29) is 11.7 Å². The lowest BCUT2D eigenvalue weighted by Crippen LogP contribution is -2.29. The summed E-state index contributed by atoms with van der Waals surface area (Å²) in [4.78, 5) is 33.5. The van der Waals surface area contributed by atoms with Gasteiger partial charge in [0, 0.05) is 23.4 Å². The zero-order chi connectivity index (χ0) is 24.4. The second-order valence-corrected chi connectivity index (χ2v) is 9.48. The van der Waals surface area contributed by atoms with Gasteiger partial charge in [0.25, 0.3) is 5.91 Å². The van der Waals surface area contributed by atoms with E-state index in [1.165, 1.54) is 0 Å². The largest absolute Gasteiger partial charge is 0.384 e. The van der Waals surface area contributed by atoms with Crippen molar-refractivity contribution >= 4 is 46.4 Å². The minimum atomic E-state index is -0.0527. The maximum absolute atomic E-state index is 13.7. The van der Waals surface area contributed by atoms with Crippen molar-refractivity contribution in [3.05, 3.63) is 94.5 Å². The van der Waals surface area contributed by atoms with Gasteiger partial charge < -0.3 is 10.6 Å². The highest BCUT2D eigenvalue weighted by Gasteiger charge is 2.36. The number of thioether (sulfide) groups is 1. The number of ketones is 1. The molecular formula is C28H26N4O2S. The molecule has 6 nitrogen and oxygen atoms in total. The molecule has 1 amide bonds. The Bertz CT molecular complexity index is 1340. The average molecular weight is 483 g/mol. The predicted molar refractivity (Wildman–Crippen MR) is 142 cm³/mol. The molecule has 0 unspecified atom stereocenters. The number of carbonyl (C=O) groups is 2. The number of amides is 1. The fraction of sp³-hybridized carbons (Fsp3) is 0.179. The van der Waals surface area contributed by atoms with Gasteiger partial charge in [-0.15, -0.1) is 0 Å². The number of Topliss-reactive ketones (excluding diaryl/α,β-unsaturated/α-hetero) is 1. The van der Waals surface area contributed by atoms with E-state index in [2.05, 4.69) is 10.6 Å². The molecule has 0 spiro atoms. The normalized spacial score (nSPS) is 18.1. The van der Waals surface area contributed by atoms with Crippen LogP contribution in [0.3, 0.4) is 0 Å². The Morgan fingerprint density at radius 1 is 1.09 bits per heavy atom. The first kappa shape index (κ1) is 22.9. The van der Waals surface area contributed by atoms with Crippen LogP contribution in [-0.4, -0.2) is 29.0 Å². The van der Waals surface area contributed by atoms with Gasteiger partial charge >= 0.3 is 0 Å². The van der Waals surface area contributed by atoms with E-state index < -0.39 is 0 Å². The highest BCUT2D eigenvalue weighted by atomic mass is 32.2.